The average Bonchev–Trinajstić information content (AvgIpc) is 3.40. The Balaban J connectivity index is 1.56. The molecule has 0 bridgehead atoms. The molecule has 2 aromatic carbocycles. The topological polar surface area (TPSA) is 63.1 Å². The van der Waals surface area contributed by atoms with Gasteiger partial charge < -0.3 is 5.32 Å². The Bertz CT molecular complexity index is 981. The number of hydrogen-bond acceptors (Lipinski definition) is 4. The lowest BCUT2D eigenvalue weighted by Gasteiger charge is -2.22. The number of amides is 1. The van der Waals surface area contributed by atoms with Gasteiger partial charge >= 0.3 is 0 Å². The predicted molar refractivity (Wildman–Crippen MR) is 118 cm³/mol. The van der Waals surface area contributed by atoms with Gasteiger partial charge in [0.2, 0.25) is 5.82 Å². The van der Waals surface area contributed by atoms with Gasteiger partial charge in [-0.15, -0.1) is 5.10 Å². The molecule has 156 valence electrons. The molecule has 1 unspecified atom stereocenters. The quantitative estimate of drug-likeness (QED) is 0.657. The first-order chi connectivity index (χ1) is 14.6. The van der Waals surface area contributed by atoms with Crippen LogP contribution in [0.25, 0.3) is 5.69 Å². The second kappa shape index (κ2) is 9.22. The lowest BCUT2D eigenvalue weighted by atomic mass is 10.1. The van der Waals surface area contributed by atoms with Crippen molar-refractivity contribution >= 4 is 5.91 Å². The molecule has 0 saturated carbocycles. The lowest BCUT2D eigenvalue weighted by molar-refractivity contribution is 0.0931. The van der Waals surface area contributed by atoms with Crippen LogP contribution >= 0.6 is 0 Å². The van der Waals surface area contributed by atoms with E-state index in [1.54, 1.807) is 4.68 Å². The van der Waals surface area contributed by atoms with Crippen molar-refractivity contribution in [2.75, 3.05) is 19.6 Å². The van der Waals surface area contributed by atoms with Crippen molar-refractivity contribution < 1.29 is 4.79 Å². The normalized spacial score (nSPS) is 16.7. The number of benzene rings is 2. The molecule has 1 saturated heterocycles. The first kappa shape index (κ1) is 20.3. The fraction of sp³-hybridized carbons (Fsp3) is 0.375. The van der Waals surface area contributed by atoms with Crippen LogP contribution in [-0.2, 0) is 6.42 Å². The summed E-state index contributed by atoms with van der Waals surface area (Å²) in [6, 6.07) is 18.7. The third-order valence-corrected chi connectivity index (χ3v) is 5.76. The molecule has 3 aromatic rings. The molecule has 4 rings (SSSR count). The highest BCUT2D eigenvalue weighted by Gasteiger charge is 2.24. The fourth-order valence-electron chi connectivity index (χ4n) is 4.06. The summed E-state index contributed by atoms with van der Waals surface area (Å²) in [7, 11) is 0. The van der Waals surface area contributed by atoms with Crippen molar-refractivity contribution in [1.82, 2.24) is 25.0 Å². The molecular weight excluding hydrogens is 374 g/mol. The summed E-state index contributed by atoms with van der Waals surface area (Å²) < 4.78 is 1.79. The minimum absolute atomic E-state index is 0.210. The Kier molecular flexibility index (Phi) is 6.23. The maximum Gasteiger partial charge on any atom is 0.291 e. The van der Waals surface area contributed by atoms with E-state index in [0.717, 1.165) is 36.6 Å². The molecule has 0 radical (unpaired) electrons. The zero-order valence-corrected chi connectivity index (χ0v) is 17.7. The van der Waals surface area contributed by atoms with Crippen LogP contribution in [0.3, 0.4) is 0 Å². The molecule has 6 nitrogen and oxygen atoms in total. The Hall–Kier alpha value is -2.99. The molecule has 1 N–H and O–H groups in total. The third kappa shape index (κ3) is 4.60. The highest BCUT2D eigenvalue weighted by atomic mass is 16.2. The number of nitrogens with one attached hydrogen (secondary N) is 1. The second-order valence-corrected chi connectivity index (χ2v) is 7.90. The molecule has 1 aliphatic heterocycles. The molecular formula is C24H29N5O. The van der Waals surface area contributed by atoms with Gasteiger partial charge in [0.25, 0.3) is 5.91 Å². The van der Waals surface area contributed by atoms with Crippen molar-refractivity contribution in [2.45, 2.75) is 39.2 Å². The average molecular weight is 404 g/mol. The van der Waals surface area contributed by atoms with Crippen molar-refractivity contribution in [2.24, 2.45) is 0 Å². The maximum absolute atomic E-state index is 12.8. The van der Waals surface area contributed by atoms with Gasteiger partial charge in [-0.2, -0.15) is 0 Å². The largest absolute Gasteiger partial charge is 0.348 e. The Labute approximate surface area is 177 Å². The van der Waals surface area contributed by atoms with E-state index in [9.17, 15) is 4.79 Å². The molecule has 0 aliphatic carbocycles. The number of rotatable bonds is 7. The van der Waals surface area contributed by atoms with Gasteiger partial charge in [0, 0.05) is 19.0 Å². The van der Waals surface area contributed by atoms with Crippen molar-refractivity contribution in [3.8, 4) is 5.69 Å². The number of carbonyl (C=O) groups excluding carboxylic acids is 1. The lowest BCUT2D eigenvalue weighted by Crippen LogP contribution is -2.40. The summed E-state index contributed by atoms with van der Waals surface area (Å²) >= 11 is 0. The van der Waals surface area contributed by atoms with Gasteiger partial charge in [-0.1, -0.05) is 55.0 Å². The van der Waals surface area contributed by atoms with E-state index in [1.165, 1.54) is 12.0 Å². The molecule has 1 aliphatic rings. The van der Waals surface area contributed by atoms with E-state index in [-0.39, 0.29) is 11.7 Å². The highest BCUT2D eigenvalue weighted by Crippen LogP contribution is 2.17. The Morgan fingerprint density at radius 3 is 2.63 bits per heavy atom. The van der Waals surface area contributed by atoms with Crippen molar-refractivity contribution in [3.63, 3.8) is 0 Å². The van der Waals surface area contributed by atoms with Crippen LogP contribution in [-0.4, -0.2) is 51.2 Å². The van der Waals surface area contributed by atoms with Gasteiger partial charge in [-0.3, -0.25) is 9.69 Å². The number of likely N-dealkylation sites (N-methyl/N-ethyl adjacent to an activating group) is 1. The van der Waals surface area contributed by atoms with E-state index in [2.05, 4.69) is 46.3 Å². The molecule has 30 heavy (non-hydrogen) atoms. The van der Waals surface area contributed by atoms with E-state index in [4.69, 9.17) is 0 Å². The zero-order chi connectivity index (χ0) is 20.9. The number of nitrogens with zero attached hydrogens (tertiary/aromatic N) is 4. The van der Waals surface area contributed by atoms with Crippen molar-refractivity contribution in [3.05, 3.63) is 77.4 Å². The van der Waals surface area contributed by atoms with Crippen molar-refractivity contribution in [1.29, 1.82) is 0 Å². The summed E-state index contributed by atoms with van der Waals surface area (Å²) in [4.78, 5) is 19.9. The Morgan fingerprint density at radius 2 is 1.90 bits per heavy atom. The predicted octanol–water partition coefficient (Wildman–Crippen LogP) is 3.38. The summed E-state index contributed by atoms with van der Waals surface area (Å²) in [6.45, 7) is 6.98. The number of hydrogen-bond donors (Lipinski definition) is 1. The van der Waals surface area contributed by atoms with Crippen LogP contribution in [0, 0.1) is 6.92 Å². The highest BCUT2D eigenvalue weighted by molar-refractivity contribution is 5.90. The number of aryl methyl sites for hydroxylation is 1. The summed E-state index contributed by atoms with van der Waals surface area (Å²) in [6.07, 6.45) is 2.93. The molecule has 1 fully saturated rings. The second-order valence-electron chi connectivity index (χ2n) is 7.90. The minimum Gasteiger partial charge on any atom is -0.348 e. The molecule has 6 heteroatoms. The SMILES string of the molecule is CCN1CCCC1CNC(=O)c1nc(Cc2ccccc2)n(-c2ccc(C)cc2)n1. The first-order valence-electron chi connectivity index (χ1n) is 10.7. The third-order valence-electron chi connectivity index (χ3n) is 5.76. The molecule has 1 aromatic heterocycles. The van der Waals surface area contributed by atoms with Crippen LogP contribution in [0.1, 0.15) is 47.3 Å². The molecule has 0 spiro atoms. The van der Waals surface area contributed by atoms with Gasteiger partial charge in [-0.05, 0) is 50.6 Å². The smallest absolute Gasteiger partial charge is 0.291 e. The van der Waals surface area contributed by atoms with Gasteiger partial charge in [0.15, 0.2) is 0 Å². The van der Waals surface area contributed by atoms with Crippen LogP contribution in [0.4, 0.5) is 0 Å². The van der Waals surface area contributed by atoms with E-state index < -0.39 is 0 Å². The molecule has 1 atom stereocenters. The first-order valence-corrected chi connectivity index (χ1v) is 10.7. The summed E-state index contributed by atoms with van der Waals surface area (Å²) in [5, 5.41) is 7.62. The van der Waals surface area contributed by atoms with E-state index >= 15 is 0 Å². The van der Waals surface area contributed by atoms with Gasteiger partial charge in [-0.25, -0.2) is 9.67 Å². The van der Waals surface area contributed by atoms with Crippen LogP contribution < -0.4 is 5.32 Å². The van der Waals surface area contributed by atoms with E-state index in [1.807, 2.05) is 42.5 Å². The zero-order valence-electron chi connectivity index (χ0n) is 17.7. The standard InChI is InChI=1S/C24H29N5O/c1-3-28-15-7-10-21(28)17-25-24(30)23-26-22(16-19-8-5-4-6-9-19)29(27-23)20-13-11-18(2)12-14-20/h4-6,8-9,11-14,21H,3,7,10,15-17H2,1-2H3,(H,25,30). The van der Waals surface area contributed by atoms with Crippen LogP contribution in [0.15, 0.2) is 54.6 Å². The summed E-state index contributed by atoms with van der Waals surface area (Å²) in [5.41, 5.74) is 3.22. The Morgan fingerprint density at radius 1 is 1.13 bits per heavy atom. The number of likely N-dealkylation sites (tertiary alicyclic amines) is 1. The van der Waals surface area contributed by atoms with E-state index in [0.29, 0.717) is 19.0 Å². The maximum atomic E-state index is 12.8. The fourth-order valence-corrected chi connectivity index (χ4v) is 4.06. The number of aromatic nitrogens is 3. The monoisotopic (exact) mass is 403 g/mol. The molecule has 1 amide bonds. The van der Waals surface area contributed by atoms with Gasteiger partial charge in [0.05, 0.1) is 5.69 Å². The minimum atomic E-state index is -0.210. The van der Waals surface area contributed by atoms with Crippen LogP contribution in [0.2, 0.25) is 0 Å². The summed E-state index contributed by atoms with van der Waals surface area (Å²) in [5.74, 6) is 0.770. The molecule has 2 heterocycles. The van der Waals surface area contributed by atoms with Crippen LogP contribution in [0.5, 0.6) is 0 Å². The van der Waals surface area contributed by atoms with Gasteiger partial charge in [0.1, 0.15) is 5.82 Å². The number of carbonyl (C=O) groups is 1.